The SMILES string of the molecule is CCNC(=NCc1ccco1)NCCN(CC)CC.I. The predicted molar refractivity (Wildman–Crippen MR) is 94.7 cm³/mol. The number of hydrogen-bond donors (Lipinski definition) is 2. The van der Waals surface area contributed by atoms with Gasteiger partial charge in [-0.05, 0) is 32.1 Å². The van der Waals surface area contributed by atoms with Crippen LogP contribution in [0.4, 0.5) is 0 Å². The summed E-state index contributed by atoms with van der Waals surface area (Å²) < 4.78 is 5.27. The Labute approximate surface area is 139 Å². The van der Waals surface area contributed by atoms with Gasteiger partial charge in [-0.2, -0.15) is 0 Å². The summed E-state index contributed by atoms with van der Waals surface area (Å²) in [7, 11) is 0. The largest absolute Gasteiger partial charge is 0.467 e. The molecule has 1 aromatic rings. The number of nitrogens with one attached hydrogen (secondary N) is 2. The molecule has 0 aliphatic rings. The van der Waals surface area contributed by atoms with Gasteiger partial charge in [0.1, 0.15) is 12.3 Å². The van der Waals surface area contributed by atoms with Gasteiger partial charge in [-0.25, -0.2) is 4.99 Å². The van der Waals surface area contributed by atoms with Crippen molar-refractivity contribution in [1.29, 1.82) is 0 Å². The Hall–Kier alpha value is -0.760. The molecule has 0 aliphatic carbocycles. The number of guanidine groups is 1. The summed E-state index contributed by atoms with van der Waals surface area (Å²) in [6.45, 7) is 11.9. The smallest absolute Gasteiger partial charge is 0.191 e. The van der Waals surface area contributed by atoms with E-state index in [9.17, 15) is 0 Å². The summed E-state index contributed by atoms with van der Waals surface area (Å²) in [5.74, 6) is 1.71. The van der Waals surface area contributed by atoms with Gasteiger partial charge in [-0.3, -0.25) is 0 Å². The van der Waals surface area contributed by atoms with Crippen molar-refractivity contribution in [2.24, 2.45) is 4.99 Å². The number of halogens is 1. The summed E-state index contributed by atoms with van der Waals surface area (Å²) >= 11 is 0. The summed E-state index contributed by atoms with van der Waals surface area (Å²) in [4.78, 5) is 6.86. The molecule has 0 bridgehead atoms. The molecule has 0 aliphatic heterocycles. The van der Waals surface area contributed by atoms with Crippen LogP contribution in [0, 0.1) is 0 Å². The van der Waals surface area contributed by atoms with Crippen LogP contribution in [-0.2, 0) is 6.54 Å². The molecule has 0 amide bonds. The van der Waals surface area contributed by atoms with Crippen LogP contribution in [-0.4, -0.2) is 43.6 Å². The first-order chi connectivity index (χ1) is 9.30. The van der Waals surface area contributed by atoms with Crippen molar-refractivity contribution in [3.63, 3.8) is 0 Å². The third kappa shape index (κ3) is 7.74. The molecule has 0 aromatic carbocycles. The minimum absolute atomic E-state index is 0. The molecule has 0 saturated carbocycles. The zero-order valence-corrected chi connectivity index (χ0v) is 15.0. The lowest BCUT2D eigenvalue weighted by molar-refractivity contribution is 0.308. The molecular weight excluding hydrogens is 367 g/mol. The fraction of sp³-hybridized carbons (Fsp3) is 0.643. The van der Waals surface area contributed by atoms with E-state index in [1.54, 1.807) is 6.26 Å². The molecule has 116 valence electrons. The molecule has 0 saturated heterocycles. The van der Waals surface area contributed by atoms with E-state index >= 15 is 0 Å². The second kappa shape index (κ2) is 12.0. The summed E-state index contributed by atoms with van der Waals surface area (Å²) in [6.07, 6.45) is 1.67. The van der Waals surface area contributed by atoms with Gasteiger partial charge < -0.3 is 20.0 Å². The summed E-state index contributed by atoms with van der Waals surface area (Å²) in [6, 6.07) is 3.81. The van der Waals surface area contributed by atoms with Crippen molar-refractivity contribution < 1.29 is 4.42 Å². The van der Waals surface area contributed by atoms with E-state index in [-0.39, 0.29) is 24.0 Å². The Morgan fingerprint density at radius 2 is 2.00 bits per heavy atom. The van der Waals surface area contributed by atoms with E-state index in [0.717, 1.165) is 44.4 Å². The van der Waals surface area contributed by atoms with Gasteiger partial charge in [0.2, 0.25) is 0 Å². The second-order valence-electron chi connectivity index (χ2n) is 4.23. The molecule has 1 rings (SSSR count). The Morgan fingerprint density at radius 1 is 1.25 bits per heavy atom. The molecule has 6 heteroatoms. The second-order valence-corrected chi connectivity index (χ2v) is 4.23. The molecule has 5 nitrogen and oxygen atoms in total. The lowest BCUT2D eigenvalue weighted by atomic mass is 10.4. The van der Waals surface area contributed by atoms with Crippen LogP contribution < -0.4 is 10.6 Å². The van der Waals surface area contributed by atoms with E-state index in [1.807, 2.05) is 12.1 Å². The Kier molecular flexibility index (Phi) is 11.6. The van der Waals surface area contributed by atoms with E-state index in [2.05, 4.69) is 41.3 Å². The highest BCUT2D eigenvalue weighted by Crippen LogP contribution is 2.00. The highest BCUT2D eigenvalue weighted by molar-refractivity contribution is 14.0. The van der Waals surface area contributed by atoms with Crippen LogP contribution in [0.1, 0.15) is 26.5 Å². The van der Waals surface area contributed by atoms with Gasteiger partial charge in [0, 0.05) is 19.6 Å². The lowest BCUT2D eigenvalue weighted by Crippen LogP contribution is -2.41. The van der Waals surface area contributed by atoms with E-state index in [4.69, 9.17) is 4.42 Å². The highest BCUT2D eigenvalue weighted by Gasteiger charge is 2.01. The van der Waals surface area contributed by atoms with Crippen molar-refractivity contribution >= 4 is 29.9 Å². The molecule has 0 atom stereocenters. The molecule has 20 heavy (non-hydrogen) atoms. The number of furan rings is 1. The van der Waals surface area contributed by atoms with Crippen molar-refractivity contribution in [2.75, 3.05) is 32.7 Å². The van der Waals surface area contributed by atoms with Crippen molar-refractivity contribution in [3.05, 3.63) is 24.2 Å². The molecule has 0 radical (unpaired) electrons. The Morgan fingerprint density at radius 3 is 2.55 bits per heavy atom. The molecule has 0 unspecified atom stereocenters. The zero-order chi connectivity index (χ0) is 13.9. The molecule has 1 heterocycles. The highest BCUT2D eigenvalue weighted by atomic mass is 127. The zero-order valence-electron chi connectivity index (χ0n) is 12.7. The van der Waals surface area contributed by atoms with Gasteiger partial charge in [0.25, 0.3) is 0 Å². The van der Waals surface area contributed by atoms with Crippen LogP contribution >= 0.6 is 24.0 Å². The minimum atomic E-state index is 0. The molecule has 1 aromatic heterocycles. The molecule has 2 N–H and O–H groups in total. The van der Waals surface area contributed by atoms with E-state index in [0.29, 0.717) is 6.54 Å². The van der Waals surface area contributed by atoms with Crippen LogP contribution in [0.15, 0.2) is 27.8 Å². The topological polar surface area (TPSA) is 52.8 Å². The van der Waals surface area contributed by atoms with Gasteiger partial charge in [0.15, 0.2) is 5.96 Å². The number of aliphatic imine (C=N–C) groups is 1. The van der Waals surface area contributed by atoms with E-state index < -0.39 is 0 Å². The third-order valence-corrected chi connectivity index (χ3v) is 2.93. The summed E-state index contributed by atoms with van der Waals surface area (Å²) in [5, 5.41) is 6.57. The maximum Gasteiger partial charge on any atom is 0.191 e. The third-order valence-electron chi connectivity index (χ3n) is 2.93. The maximum absolute atomic E-state index is 5.27. The predicted octanol–water partition coefficient (Wildman–Crippen LogP) is 2.29. The number of hydrogen-bond acceptors (Lipinski definition) is 3. The monoisotopic (exact) mass is 394 g/mol. The normalized spacial score (nSPS) is 11.3. The van der Waals surface area contributed by atoms with Gasteiger partial charge in [0.05, 0.1) is 6.26 Å². The van der Waals surface area contributed by atoms with Crippen LogP contribution in [0.25, 0.3) is 0 Å². The van der Waals surface area contributed by atoms with Gasteiger partial charge in [-0.1, -0.05) is 13.8 Å². The average molecular weight is 394 g/mol. The van der Waals surface area contributed by atoms with Gasteiger partial charge >= 0.3 is 0 Å². The van der Waals surface area contributed by atoms with Crippen molar-refractivity contribution in [1.82, 2.24) is 15.5 Å². The van der Waals surface area contributed by atoms with Crippen molar-refractivity contribution in [3.8, 4) is 0 Å². The fourth-order valence-electron chi connectivity index (χ4n) is 1.77. The first-order valence-electron chi connectivity index (χ1n) is 7.07. The Balaban J connectivity index is 0.00000361. The maximum atomic E-state index is 5.27. The quantitative estimate of drug-likeness (QED) is 0.404. The fourth-order valence-corrected chi connectivity index (χ4v) is 1.77. The first-order valence-corrected chi connectivity index (χ1v) is 7.07. The lowest BCUT2D eigenvalue weighted by Gasteiger charge is -2.19. The van der Waals surface area contributed by atoms with Crippen LogP contribution in [0.2, 0.25) is 0 Å². The Bertz CT molecular complexity index is 350. The standard InChI is InChI=1S/C14H26N4O.HI/c1-4-15-14(16-9-10-18(5-2)6-3)17-12-13-8-7-11-19-13;/h7-8,11H,4-6,9-10,12H2,1-3H3,(H2,15,16,17);1H. The molecule has 0 spiro atoms. The van der Waals surface area contributed by atoms with E-state index in [1.165, 1.54) is 0 Å². The molecule has 0 fully saturated rings. The first kappa shape index (κ1) is 19.2. The number of rotatable bonds is 8. The number of nitrogens with zero attached hydrogens (tertiary/aromatic N) is 2. The number of likely N-dealkylation sites (N-methyl/N-ethyl adjacent to an activating group) is 1. The van der Waals surface area contributed by atoms with Gasteiger partial charge in [-0.15, -0.1) is 24.0 Å². The van der Waals surface area contributed by atoms with Crippen LogP contribution in [0.3, 0.4) is 0 Å². The minimum Gasteiger partial charge on any atom is -0.467 e. The van der Waals surface area contributed by atoms with Crippen molar-refractivity contribution in [2.45, 2.75) is 27.3 Å². The summed E-state index contributed by atoms with van der Waals surface area (Å²) in [5.41, 5.74) is 0. The molecular formula is C14H27IN4O. The van der Waals surface area contributed by atoms with Crippen LogP contribution in [0.5, 0.6) is 0 Å². The average Bonchev–Trinajstić information content (AvgIpc) is 2.94.